The van der Waals surface area contributed by atoms with Crippen LogP contribution in [-0.2, 0) is 9.53 Å². The van der Waals surface area contributed by atoms with Crippen LogP contribution in [0.3, 0.4) is 0 Å². The summed E-state index contributed by atoms with van der Waals surface area (Å²) >= 11 is 0. The summed E-state index contributed by atoms with van der Waals surface area (Å²) in [7, 11) is 4.68. The van der Waals surface area contributed by atoms with Crippen molar-refractivity contribution in [1.29, 1.82) is 0 Å². The van der Waals surface area contributed by atoms with E-state index >= 15 is 0 Å². The molecule has 1 aliphatic heterocycles. The Kier molecular flexibility index (Phi) is 8.70. The minimum absolute atomic E-state index is 0.203. The third kappa shape index (κ3) is 6.18. The number of nitrogens with zero attached hydrogens (tertiary/aromatic N) is 3. The Morgan fingerprint density at radius 1 is 0.921 bits per heavy atom. The van der Waals surface area contributed by atoms with Crippen LogP contribution in [0.15, 0.2) is 77.9 Å². The van der Waals surface area contributed by atoms with Gasteiger partial charge in [0, 0.05) is 25.6 Å². The monoisotopic (exact) mass is 519 g/mol. The Hall–Kier alpha value is -4.24. The predicted octanol–water partition coefficient (Wildman–Crippen LogP) is 4.31. The van der Waals surface area contributed by atoms with Crippen LogP contribution in [0.4, 0.5) is 4.39 Å². The van der Waals surface area contributed by atoms with Crippen LogP contribution in [0.1, 0.15) is 33.9 Å². The van der Waals surface area contributed by atoms with E-state index in [0.29, 0.717) is 29.2 Å². The molecule has 3 aromatic rings. The predicted molar refractivity (Wildman–Crippen MR) is 141 cm³/mol. The standard InChI is InChI=1S/C29H30FN3O5/c1-36-17-16-32(29(35)22-8-14-25(38-3)15-9-22)19-28(34)33-27(21-4-10-23(30)11-5-21)18-26(31-33)20-6-12-24(37-2)13-7-20/h4-15,27H,16-19H2,1-3H3/t27-/m0/s1. The lowest BCUT2D eigenvalue weighted by Gasteiger charge is -2.27. The Labute approximate surface area is 221 Å². The molecule has 4 rings (SSSR count). The third-order valence-electron chi connectivity index (χ3n) is 6.36. The van der Waals surface area contributed by atoms with Crippen LogP contribution >= 0.6 is 0 Å². The van der Waals surface area contributed by atoms with E-state index in [0.717, 1.165) is 11.1 Å². The van der Waals surface area contributed by atoms with Crippen molar-refractivity contribution in [3.8, 4) is 11.5 Å². The van der Waals surface area contributed by atoms with Gasteiger partial charge in [0.15, 0.2) is 0 Å². The van der Waals surface area contributed by atoms with Crippen molar-refractivity contribution >= 4 is 17.5 Å². The van der Waals surface area contributed by atoms with E-state index < -0.39 is 6.04 Å². The van der Waals surface area contributed by atoms with E-state index in [2.05, 4.69) is 5.10 Å². The summed E-state index contributed by atoms with van der Waals surface area (Å²) in [6.07, 6.45) is 0.439. The molecule has 1 atom stereocenters. The number of methoxy groups -OCH3 is 3. The molecule has 8 nitrogen and oxygen atoms in total. The summed E-state index contributed by atoms with van der Waals surface area (Å²) in [6.45, 7) is 0.277. The minimum Gasteiger partial charge on any atom is -0.497 e. The van der Waals surface area contributed by atoms with Gasteiger partial charge >= 0.3 is 0 Å². The number of hydrogen-bond donors (Lipinski definition) is 0. The Morgan fingerprint density at radius 2 is 1.53 bits per heavy atom. The van der Waals surface area contributed by atoms with E-state index in [1.54, 1.807) is 50.6 Å². The van der Waals surface area contributed by atoms with Gasteiger partial charge in [0.2, 0.25) is 0 Å². The number of halogens is 1. The summed E-state index contributed by atoms with van der Waals surface area (Å²) in [5, 5.41) is 6.06. The molecule has 0 unspecified atom stereocenters. The van der Waals surface area contributed by atoms with Gasteiger partial charge in [0.25, 0.3) is 11.8 Å². The van der Waals surface area contributed by atoms with Gasteiger partial charge in [-0.15, -0.1) is 0 Å². The fraction of sp³-hybridized carbons (Fsp3) is 0.276. The Morgan fingerprint density at radius 3 is 2.11 bits per heavy atom. The van der Waals surface area contributed by atoms with Gasteiger partial charge in [-0.1, -0.05) is 12.1 Å². The quantitative estimate of drug-likeness (QED) is 0.399. The number of ether oxygens (including phenoxy) is 3. The van der Waals surface area contributed by atoms with E-state index in [4.69, 9.17) is 14.2 Å². The minimum atomic E-state index is -0.444. The van der Waals surface area contributed by atoms with Crippen molar-refractivity contribution in [2.75, 3.05) is 41.0 Å². The molecule has 38 heavy (non-hydrogen) atoms. The maximum absolute atomic E-state index is 13.7. The lowest BCUT2D eigenvalue weighted by Crippen LogP contribution is -2.42. The normalized spacial score (nSPS) is 14.7. The maximum atomic E-state index is 13.7. The van der Waals surface area contributed by atoms with Crippen molar-refractivity contribution < 1.29 is 28.2 Å². The zero-order chi connectivity index (χ0) is 27.1. The van der Waals surface area contributed by atoms with Crippen LogP contribution in [-0.4, -0.2) is 68.5 Å². The SMILES string of the molecule is COCCN(CC(=O)N1N=C(c2ccc(OC)cc2)C[C@H]1c1ccc(F)cc1)C(=O)c1ccc(OC)cc1. The van der Waals surface area contributed by atoms with E-state index in [1.165, 1.54) is 29.2 Å². The molecule has 2 amide bonds. The molecule has 0 fully saturated rings. The van der Waals surface area contributed by atoms with Gasteiger partial charge in [0.05, 0.1) is 32.6 Å². The number of amides is 2. The number of benzene rings is 3. The van der Waals surface area contributed by atoms with Crippen LogP contribution in [0, 0.1) is 5.82 Å². The highest BCUT2D eigenvalue weighted by atomic mass is 19.1. The van der Waals surface area contributed by atoms with Crippen molar-refractivity contribution in [3.63, 3.8) is 0 Å². The second-order valence-electron chi connectivity index (χ2n) is 8.73. The van der Waals surface area contributed by atoms with Gasteiger partial charge in [-0.05, 0) is 71.8 Å². The molecule has 3 aromatic carbocycles. The summed E-state index contributed by atoms with van der Waals surface area (Å²) in [5.41, 5.74) is 2.73. The number of carbonyl (C=O) groups excluding carboxylic acids is 2. The molecule has 1 heterocycles. The first-order valence-electron chi connectivity index (χ1n) is 12.1. The van der Waals surface area contributed by atoms with Crippen LogP contribution < -0.4 is 9.47 Å². The molecule has 0 N–H and O–H groups in total. The highest BCUT2D eigenvalue weighted by molar-refractivity contribution is 6.03. The first-order valence-corrected chi connectivity index (χ1v) is 12.1. The second kappa shape index (κ2) is 12.3. The first kappa shape index (κ1) is 26.8. The molecule has 0 bridgehead atoms. The Bertz CT molecular complexity index is 1280. The molecule has 0 saturated carbocycles. The largest absolute Gasteiger partial charge is 0.497 e. The molecule has 9 heteroatoms. The van der Waals surface area contributed by atoms with E-state index in [1.807, 2.05) is 24.3 Å². The molecule has 0 radical (unpaired) electrons. The summed E-state index contributed by atoms with van der Waals surface area (Å²) in [6, 6.07) is 19.7. The number of hydrazone groups is 1. The van der Waals surface area contributed by atoms with Crippen LogP contribution in [0.25, 0.3) is 0 Å². The molecular weight excluding hydrogens is 489 g/mol. The van der Waals surface area contributed by atoms with Gasteiger partial charge in [-0.3, -0.25) is 9.59 Å². The fourth-order valence-electron chi connectivity index (χ4n) is 4.25. The van der Waals surface area contributed by atoms with Crippen LogP contribution in [0.5, 0.6) is 11.5 Å². The Balaban J connectivity index is 1.61. The average molecular weight is 520 g/mol. The van der Waals surface area contributed by atoms with Gasteiger partial charge in [-0.25, -0.2) is 9.40 Å². The van der Waals surface area contributed by atoms with E-state index in [-0.39, 0.29) is 37.3 Å². The number of hydrogen-bond acceptors (Lipinski definition) is 6. The van der Waals surface area contributed by atoms with E-state index in [9.17, 15) is 14.0 Å². The van der Waals surface area contributed by atoms with Gasteiger partial charge in [-0.2, -0.15) is 5.10 Å². The lowest BCUT2D eigenvalue weighted by atomic mass is 9.98. The molecule has 0 aliphatic carbocycles. The van der Waals surface area contributed by atoms with Gasteiger partial charge in [0.1, 0.15) is 23.9 Å². The fourth-order valence-corrected chi connectivity index (χ4v) is 4.25. The first-order chi connectivity index (χ1) is 18.4. The number of carbonyl (C=O) groups is 2. The summed E-state index contributed by atoms with van der Waals surface area (Å²) < 4.78 is 29.3. The van der Waals surface area contributed by atoms with Crippen LogP contribution in [0.2, 0.25) is 0 Å². The maximum Gasteiger partial charge on any atom is 0.262 e. The average Bonchev–Trinajstić information content (AvgIpc) is 3.41. The zero-order valence-corrected chi connectivity index (χ0v) is 21.6. The van der Waals surface area contributed by atoms with Crippen molar-refractivity contribution in [2.24, 2.45) is 5.10 Å². The highest BCUT2D eigenvalue weighted by Gasteiger charge is 2.34. The van der Waals surface area contributed by atoms with Crippen molar-refractivity contribution in [1.82, 2.24) is 9.91 Å². The molecule has 0 aromatic heterocycles. The van der Waals surface area contributed by atoms with Crippen molar-refractivity contribution in [3.05, 3.63) is 95.3 Å². The molecule has 1 aliphatic rings. The topological polar surface area (TPSA) is 80.7 Å². The molecular formula is C29H30FN3O5. The van der Waals surface area contributed by atoms with Crippen molar-refractivity contribution in [2.45, 2.75) is 12.5 Å². The summed E-state index contributed by atoms with van der Waals surface area (Å²) in [4.78, 5) is 28.4. The highest BCUT2D eigenvalue weighted by Crippen LogP contribution is 2.33. The molecule has 198 valence electrons. The second-order valence-corrected chi connectivity index (χ2v) is 8.73. The molecule has 0 saturated heterocycles. The lowest BCUT2D eigenvalue weighted by molar-refractivity contribution is -0.133. The third-order valence-corrected chi connectivity index (χ3v) is 6.36. The molecule has 0 spiro atoms. The number of rotatable bonds is 10. The van der Waals surface area contributed by atoms with Gasteiger partial charge < -0.3 is 19.1 Å². The smallest absolute Gasteiger partial charge is 0.262 e. The summed E-state index contributed by atoms with van der Waals surface area (Å²) in [5.74, 6) is 0.300. The zero-order valence-electron chi connectivity index (χ0n) is 21.6.